The van der Waals surface area contributed by atoms with Crippen molar-refractivity contribution in [2.75, 3.05) is 19.5 Å². The number of carbonyl (C=O) groups is 2. The Labute approximate surface area is 121 Å². The third-order valence-electron chi connectivity index (χ3n) is 3.04. The van der Waals surface area contributed by atoms with Gasteiger partial charge in [0.15, 0.2) is 0 Å². The summed E-state index contributed by atoms with van der Waals surface area (Å²) < 4.78 is 11.1. The highest BCUT2D eigenvalue weighted by molar-refractivity contribution is 5.99. The van der Waals surface area contributed by atoms with Crippen LogP contribution < -0.4 is 5.32 Å². The molecule has 1 N–H and O–H groups in total. The number of fused-ring (bicyclic) bond motifs is 1. The van der Waals surface area contributed by atoms with Crippen molar-refractivity contribution >= 4 is 28.5 Å². The molecule has 2 rings (SSSR count). The van der Waals surface area contributed by atoms with E-state index in [1.54, 1.807) is 0 Å². The molecule has 6 heteroatoms. The van der Waals surface area contributed by atoms with Gasteiger partial charge in [0.1, 0.15) is 5.70 Å². The maximum Gasteiger partial charge on any atom is 0.354 e. The van der Waals surface area contributed by atoms with Crippen molar-refractivity contribution < 1.29 is 19.1 Å². The highest BCUT2D eigenvalue weighted by Gasteiger charge is 2.13. The van der Waals surface area contributed by atoms with Gasteiger partial charge in [0.05, 0.1) is 20.3 Å². The summed E-state index contributed by atoms with van der Waals surface area (Å²) in [4.78, 5) is 23.0. The van der Waals surface area contributed by atoms with Crippen LogP contribution in [-0.4, -0.2) is 30.7 Å². The molecule has 6 nitrogen and oxygen atoms in total. The fourth-order valence-corrected chi connectivity index (χ4v) is 1.93. The van der Waals surface area contributed by atoms with E-state index in [9.17, 15) is 9.59 Å². The van der Waals surface area contributed by atoms with E-state index in [4.69, 9.17) is 0 Å². The summed E-state index contributed by atoms with van der Waals surface area (Å²) in [5, 5.41) is 3.96. The number of benzene rings is 1. The molecule has 0 unspecified atom stereocenters. The molecule has 21 heavy (non-hydrogen) atoms. The zero-order valence-electron chi connectivity index (χ0n) is 12.0. The molecule has 1 heterocycles. The molecule has 0 aliphatic heterocycles. The summed E-state index contributed by atoms with van der Waals surface area (Å²) in [6.07, 6.45) is 3.00. The molecule has 0 fully saturated rings. The molecule has 0 aliphatic rings. The average Bonchev–Trinajstić information content (AvgIpc) is 2.86. The van der Waals surface area contributed by atoms with Crippen LogP contribution in [-0.2, 0) is 26.1 Å². The number of anilines is 1. The van der Waals surface area contributed by atoms with Crippen LogP contribution in [0.3, 0.4) is 0 Å². The molecule has 110 valence electrons. The first-order valence-electron chi connectivity index (χ1n) is 6.25. The molecule has 0 aliphatic carbocycles. The van der Waals surface area contributed by atoms with Crippen molar-refractivity contribution in [1.29, 1.82) is 0 Å². The average molecular weight is 288 g/mol. The Bertz CT molecular complexity index is 716. The fraction of sp³-hybridized carbons (Fsp3) is 0.200. The van der Waals surface area contributed by atoms with Crippen LogP contribution >= 0.6 is 0 Å². The van der Waals surface area contributed by atoms with Crippen LogP contribution in [0.1, 0.15) is 0 Å². The maximum absolute atomic E-state index is 11.7. The zero-order chi connectivity index (χ0) is 15.4. The quantitative estimate of drug-likeness (QED) is 0.686. The van der Waals surface area contributed by atoms with Crippen molar-refractivity contribution in [2.24, 2.45) is 7.05 Å². The molecule has 0 bridgehead atoms. The normalized spacial score (nSPS) is 11.3. The number of carbonyl (C=O) groups excluding carboxylic acids is 2. The monoisotopic (exact) mass is 288 g/mol. The van der Waals surface area contributed by atoms with E-state index in [1.165, 1.54) is 14.2 Å². The summed E-state index contributed by atoms with van der Waals surface area (Å²) in [7, 11) is 4.41. The largest absolute Gasteiger partial charge is 0.466 e. The lowest BCUT2D eigenvalue weighted by Crippen LogP contribution is -2.15. The molecule has 0 saturated carbocycles. The van der Waals surface area contributed by atoms with Gasteiger partial charge in [-0.1, -0.05) is 6.07 Å². The van der Waals surface area contributed by atoms with E-state index in [0.29, 0.717) is 5.69 Å². The first-order chi connectivity index (χ1) is 10.0. The molecule has 1 aromatic carbocycles. The second-order valence-corrected chi connectivity index (χ2v) is 4.40. The molecular weight excluding hydrogens is 272 g/mol. The van der Waals surface area contributed by atoms with Crippen LogP contribution in [0.5, 0.6) is 0 Å². The lowest BCUT2D eigenvalue weighted by atomic mass is 10.2. The second kappa shape index (κ2) is 6.13. The van der Waals surface area contributed by atoms with Gasteiger partial charge in [-0.15, -0.1) is 0 Å². The summed E-state index contributed by atoms with van der Waals surface area (Å²) in [6.45, 7) is 0. The highest BCUT2D eigenvalue weighted by atomic mass is 16.5. The molecule has 0 atom stereocenters. The summed E-state index contributed by atoms with van der Waals surface area (Å²) in [5.41, 5.74) is 1.69. The number of aromatic nitrogens is 1. The van der Waals surface area contributed by atoms with E-state index in [-0.39, 0.29) is 5.70 Å². The molecule has 0 saturated heterocycles. The SMILES string of the molecule is COC(=O)/C=C(/Nc1ccc2ccn(C)c2c1)C(=O)OC. The van der Waals surface area contributed by atoms with Gasteiger partial charge >= 0.3 is 11.9 Å². The van der Waals surface area contributed by atoms with E-state index in [0.717, 1.165) is 17.0 Å². The molecule has 1 aromatic heterocycles. The van der Waals surface area contributed by atoms with Gasteiger partial charge in [-0.25, -0.2) is 9.59 Å². The number of ether oxygens (including phenoxy) is 2. The molecule has 0 radical (unpaired) electrons. The van der Waals surface area contributed by atoms with Crippen LogP contribution in [0, 0.1) is 0 Å². The Kier molecular flexibility index (Phi) is 4.27. The number of aryl methyl sites for hydroxylation is 1. The van der Waals surface area contributed by atoms with E-state index in [2.05, 4.69) is 14.8 Å². The van der Waals surface area contributed by atoms with E-state index >= 15 is 0 Å². The van der Waals surface area contributed by atoms with Crippen molar-refractivity contribution in [3.63, 3.8) is 0 Å². The van der Waals surface area contributed by atoms with Crippen molar-refractivity contribution in [2.45, 2.75) is 0 Å². The zero-order valence-corrected chi connectivity index (χ0v) is 12.0. The number of nitrogens with one attached hydrogen (secondary N) is 1. The Morgan fingerprint density at radius 3 is 2.62 bits per heavy atom. The number of rotatable bonds is 4. The van der Waals surface area contributed by atoms with E-state index in [1.807, 2.05) is 42.1 Å². The van der Waals surface area contributed by atoms with Gasteiger partial charge in [0.25, 0.3) is 0 Å². The Hall–Kier alpha value is -2.76. The topological polar surface area (TPSA) is 69.6 Å². The minimum atomic E-state index is -0.646. The number of nitrogens with zero attached hydrogens (tertiary/aromatic N) is 1. The van der Waals surface area contributed by atoms with Gasteiger partial charge in [0, 0.05) is 24.4 Å². The minimum Gasteiger partial charge on any atom is -0.466 e. The Morgan fingerprint density at radius 2 is 1.95 bits per heavy atom. The summed E-state index contributed by atoms with van der Waals surface area (Å²) in [6, 6.07) is 7.61. The van der Waals surface area contributed by atoms with Crippen LogP contribution in [0.25, 0.3) is 10.9 Å². The first-order valence-corrected chi connectivity index (χ1v) is 6.25. The Morgan fingerprint density at radius 1 is 1.19 bits per heavy atom. The number of methoxy groups -OCH3 is 2. The van der Waals surface area contributed by atoms with Gasteiger partial charge < -0.3 is 19.4 Å². The maximum atomic E-state index is 11.7. The highest BCUT2D eigenvalue weighted by Crippen LogP contribution is 2.21. The second-order valence-electron chi connectivity index (χ2n) is 4.40. The van der Waals surface area contributed by atoms with E-state index < -0.39 is 11.9 Å². The van der Waals surface area contributed by atoms with Crippen molar-refractivity contribution in [3.8, 4) is 0 Å². The van der Waals surface area contributed by atoms with Crippen LogP contribution in [0.15, 0.2) is 42.2 Å². The first kappa shape index (κ1) is 14.6. The number of hydrogen-bond donors (Lipinski definition) is 1. The lowest BCUT2D eigenvalue weighted by molar-refractivity contribution is -0.138. The molecule has 2 aromatic rings. The van der Waals surface area contributed by atoms with Gasteiger partial charge in [-0.3, -0.25) is 0 Å². The van der Waals surface area contributed by atoms with Crippen molar-refractivity contribution in [3.05, 3.63) is 42.2 Å². The number of hydrogen-bond acceptors (Lipinski definition) is 5. The molecular formula is C15H16N2O4. The third-order valence-corrected chi connectivity index (χ3v) is 3.04. The van der Waals surface area contributed by atoms with Crippen LogP contribution in [0.2, 0.25) is 0 Å². The van der Waals surface area contributed by atoms with Crippen LogP contribution in [0.4, 0.5) is 5.69 Å². The number of esters is 2. The minimum absolute atomic E-state index is 0.0120. The van der Waals surface area contributed by atoms with Gasteiger partial charge in [0.2, 0.25) is 0 Å². The Balaban J connectivity index is 2.33. The molecule has 0 spiro atoms. The smallest absolute Gasteiger partial charge is 0.354 e. The van der Waals surface area contributed by atoms with Gasteiger partial charge in [-0.2, -0.15) is 0 Å². The van der Waals surface area contributed by atoms with Gasteiger partial charge in [-0.05, 0) is 23.6 Å². The predicted octanol–water partition coefficient (Wildman–Crippen LogP) is 1.82. The fourth-order valence-electron chi connectivity index (χ4n) is 1.93. The summed E-state index contributed by atoms with van der Waals surface area (Å²) >= 11 is 0. The van der Waals surface area contributed by atoms with Crippen molar-refractivity contribution in [1.82, 2.24) is 4.57 Å². The predicted molar refractivity (Wildman–Crippen MR) is 78.7 cm³/mol. The third kappa shape index (κ3) is 3.22. The standard InChI is InChI=1S/C15H16N2O4/c1-17-7-6-10-4-5-11(8-13(10)17)16-12(15(19)21-3)9-14(18)20-2/h4-9,16H,1-3H3/b12-9+. The lowest BCUT2D eigenvalue weighted by Gasteiger charge is -2.09. The molecule has 0 amide bonds. The summed E-state index contributed by atoms with van der Waals surface area (Å²) in [5.74, 6) is -1.28.